The molecule has 0 amide bonds. The van der Waals surface area contributed by atoms with E-state index in [1.165, 1.54) is 0 Å². The van der Waals surface area contributed by atoms with Gasteiger partial charge in [0.15, 0.2) is 0 Å². The molecule has 1 rings (SSSR count). The Labute approximate surface area is 146 Å². The number of aliphatic imine (C=N–C) groups is 2. The van der Waals surface area contributed by atoms with Crippen LogP contribution in [0.15, 0.2) is 9.98 Å². The SMILES string of the molecule is CC/C=N\C(=NC)N1CCN(CCC(N)CCCCB(O)O)CC1. The topological polar surface area (TPSA) is 97.7 Å². The summed E-state index contributed by atoms with van der Waals surface area (Å²) in [5.74, 6) is 0.833. The number of hydrogen-bond acceptors (Lipinski definition) is 5. The van der Waals surface area contributed by atoms with Gasteiger partial charge in [0.25, 0.3) is 0 Å². The standard InChI is InChI=1S/C16H34BN5O2/c1-3-9-20-16(19-2)22-13-11-21(12-14-22)10-7-15(18)6-4-5-8-17(23)24/h9,15,23-24H,3-8,10-14,18H2,1-2H3/b19-16?,20-9-. The zero-order valence-electron chi connectivity index (χ0n) is 15.3. The molecular formula is C16H34BN5O2. The normalized spacial score (nSPS) is 18.4. The lowest BCUT2D eigenvalue weighted by Crippen LogP contribution is -2.49. The van der Waals surface area contributed by atoms with Crippen LogP contribution in [0.3, 0.4) is 0 Å². The van der Waals surface area contributed by atoms with E-state index in [2.05, 4.69) is 26.7 Å². The van der Waals surface area contributed by atoms with Crippen LogP contribution in [0, 0.1) is 0 Å². The summed E-state index contributed by atoms with van der Waals surface area (Å²) in [5, 5.41) is 17.6. The second kappa shape index (κ2) is 12.4. The molecule has 1 atom stereocenters. The molecule has 0 bridgehead atoms. The molecule has 0 saturated carbocycles. The van der Waals surface area contributed by atoms with Crippen LogP contribution in [0.1, 0.15) is 39.0 Å². The number of nitrogens with two attached hydrogens (primary N) is 1. The largest absolute Gasteiger partial charge is 0.451 e. The van der Waals surface area contributed by atoms with Crippen molar-refractivity contribution in [3.8, 4) is 0 Å². The van der Waals surface area contributed by atoms with E-state index in [0.717, 1.165) is 70.8 Å². The molecule has 0 aromatic rings. The van der Waals surface area contributed by atoms with Gasteiger partial charge in [-0.25, -0.2) is 4.99 Å². The predicted octanol–water partition coefficient (Wildman–Crippen LogP) is 0.431. The lowest BCUT2D eigenvalue weighted by atomic mass is 9.83. The highest BCUT2D eigenvalue weighted by molar-refractivity contribution is 6.40. The van der Waals surface area contributed by atoms with Crippen molar-refractivity contribution in [2.75, 3.05) is 39.8 Å². The third-order valence-electron chi connectivity index (χ3n) is 4.35. The predicted molar refractivity (Wildman–Crippen MR) is 102 cm³/mol. The number of nitrogens with zero attached hydrogens (tertiary/aromatic N) is 4. The molecule has 24 heavy (non-hydrogen) atoms. The highest BCUT2D eigenvalue weighted by Gasteiger charge is 2.19. The first-order chi connectivity index (χ1) is 11.6. The van der Waals surface area contributed by atoms with Crippen LogP contribution in [0.2, 0.25) is 6.32 Å². The van der Waals surface area contributed by atoms with Gasteiger partial charge in [-0.05, 0) is 32.1 Å². The summed E-state index contributed by atoms with van der Waals surface area (Å²) in [6, 6.07) is 0.195. The quantitative estimate of drug-likeness (QED) is 0.245. The number of piperazine rings is 1. The molecule has 8 heteroatoms. The monoisotopic (exact) mass is 339 g/mol. The molecule has 0 aromatic carbocycles. The minimum Gasteiger partial charge on any atom is -0.427 e. The van der Waals surface area contributed by atoms with Gasteiger partial charge in [0.1, 0.15) is 0 Å². The first-order valence-electron chi connectivity index (χ1n) is 9.15. The maximum Gasteiger partial charge on any atom is 0.451 e. The lowest BCUT2D eigenvalue weighted by Gasteiger charge is -2.35. The van der Waals surface area contributed by atoms with Crippen LogP contribution in [0.25, 0.3) is 0 Å². The fraction of sp³-hybridized carbons (Fsp3) is 0.875. The average molecular weight is 339 g/mol. The van der Waals surface area contributed by atoms with Crippen LogP contribution in [-0.4, -0.2) is 85.0 Å². The summed E-state index contributed by atoms with van der Waals surface area (Å²) in [5.41, 5.74) is 6.16. The minimum absolute atomic E-state index is 0.195. The van der Waals surface area contributed by atoms with E-state index in [1.54, 1.807) is 7.05 Å². The second-order valence-electron chi connectivity index (χ2n) is 6.39. The number of rotatable bonds is 9. The maximum atomic E-state index is 8.81. The van der Waals surface area contributed by atoms with Gasteiger partial charge in [0.2, 0.25) is 5.96 Å². The molecular weight excluding hydrogens is 305 g/mol. The Hall–Kier alpha value is -0.955. The fourth-order valence-corrected chi connectivity index (χ4v) is 2.85. The Morgan fingerprint density at radius 1 is 1.21 bits per heavy atom. The summed E-state index contributed by atoms with van der Waals surface area (Å²) >= 11 is 0. The van der Waals surface area contributed by atoms with E-state index in [4.69, 9.17) is 15.8 Å². The Morgan fingerprint density at radius 3 is 2.50 bits per heavy atom. The van der Waals surface area contributed by atoms with E-state index in [-0.39, 0.29) is 6.04 Å². The van der Waals surface area contributed by atoms with Gasteiger partial charge in [-0.3, -0.25) is 9.89 Å². The molecule has 1 heterocycles. The molecule has 1 aliphatic rings. The van der Waals surface area contributed by atoms with Crippen LogP contribution in [-0.2, 0) is 0 Å². The lowest BCUT2D eigenvalue weighted by molar-refractivity contribution is 0.175. The van der Waals surface area contributed by atoms with E-state index in [9.17, 15) is 0 Å². The number of guanidine groups is 1. The van der Waals surface area contributed by atoms with Crippen molar-refractivity contribution in [3.05, 3.63) is 0 Å². The van der Waals surface area contributed by atoms with Crippen molar-refractivity contribution < 1.29 is 10.0 Å². The Morgan fingerprint density at radius 2 is 1.92 bits per heavy atom. The van der Waals surface area contributed by atoms with E-state index in [0.29, 0.717) is 6.32 Å². The van der Waals surface area contributed by atoms with E-state index in [1.807, 2.05) is 6.21 Å². The Balaban J connectivity index is 2.18. The van der Waals surface area contributed by atoms with Crippen molar-refractivity contribution in [2.24, 2.45) is 15.7 Å². The average Bonchev–Trinajstić information content (AvgIpc) is 2.58. The molecule has 7 nitrogen and oxygen atoms in total. The van der Waals surface area contributed by atoms with Gasteiger partial charge in [-0.1, -0.05) is 19.8 Å². The highest BCUT2D eigenvalue weighted by Crippen LogP contribution is 2.09. The second-order valence-corrected chi connectivity index (χ2v) is 6.39. The van der Waals surface area contributed by atoms with Gasteiger partial charge in [-0.15, -0.1) is 0 Å². The van der Waals surface area contributed by atoms with Gasteiger partial charge in [-0.2, -0.15) is 0 Å². The molecule has 1 unspecified atom stereocenters. The molecule has 0 radical (unpaired) electrons. The maximum absolute atomic E-state index is 8.81. The van der Waals surface area contributed by atoms with E-state index < -0.39 is 7.12 Å². The summed E-state index contributed by atoms with van der Waals surface area (Å²) in [4.78, 5) is 13.4. The third kappa shape index (κ3) is 8.77. The fourth-order valence-electron chi connectivity index (χ4n) is 2.85. The van der Waals surface area contributed by atoms with Crippen LogP contribution in [0.5, 0.6) is 0 Å². The molecule has 1 fully saturated rings. The van der Waals surface area contributed by atoms with Crippen LogP contribution in [0.4, 0.5) is 0 Å². The molecule has 1 aliphatic heterocycles. The Kier molecular flexibility index (Phi) is 10.9. The van der Waals surface area contributed by atoms with Crippen molar-refractivity contribution in [1.82, 2.24) is 9.80 Å². The highest BCUT2D eigenvalue weighted by atomic mass is 16.4. The number of unbranched alkanes of at least 4 members (excludes halogenated alkanes) is 1. The van der Waals surface area contributed by atoms with Crippen molar-refractivity contribution in [3.63, 3.8) is 0 Å². The third-order valence-corrected chi connectivity index (χ3v) is 4.35. The first kappa shape index (κ1) is 21.1. The zero-order valence-corrected chi connectivity index (χ0v) is 15.3. The first-order valence-corrected chi connectivity index (χ1v) is 9.15. The van der Waals surface area contributed by atoms with Crippen LogP contribution < -0.4 is 5.73 Å². The van der Waals surface area contributed by atoms with Crippen molar-refractivity contribution in [2.45, 2.75) is 51.4 Å². The van der Waals surface area contributed by atoms with E-state index >= 15 is 0 Å². The van der Waals surface area contributed by atoms with Gasteiger partial charge >= 0.3 is 7.12 Å². The number of hydrogen-bond donors (Lipinski definition) is 3. The summed E-state index contributed by atoms with van der Waals surface area (Å²) in [6.45, 7) is 7.04. The van der Waals surface area contributed by atoms with Crippen LogP contribution >= 0.6 is 0 Å². The smallest absolute Gasteiger partial charge is 0.427 e. The minimum atomic E-state index is -1.18. The summed E-state index contributed by atoms with van der Waals surface area (Å²) in [7, 11) is 0.611. The molecule has 4 N–H and O–H groups in total. The molecule has 1 saturated heterocycles. The molecule has 0 aliphatic carbocycles. The van der Waals surface area contributed by atoms with Crippen molar-refractivity contribution in [1.29, 1.82) is 0 Å². The molecule has 0 aromatic heterocycles. The van der Waals surface area contributed by atoms with Crippen molar-refractivity contribution >= 4 is 19.3 Å². The molecule has 138 valence electrons. The van der Waals surface area contributed by atoms with Gasteiger partial charge in [0, 0.05) is 45.5 Å². The molecule has 0 spiro atoms. The zero-order chi connectivity index (χ0) is 17.8. The summed E-state index contributed by atoms with van der Waals surface area (Å²) in [6.07, 6.45) is 6.99. The summed E-state index contributed by atoms with van der Waals surface area (Å²) < 4.78 is 0. The Bertz CT molecular complexity index is 385. The van der Waals surface area contributed by atoms with Gasteiger partial charge in [0.05, 0.1) is 0 Å². The van der Waals surface area contributed by atoms with Gasteiger partial charge < -0.3 is 20.7 Å².